The van der Waals surface area contributed by atoms with Crippen LogP contribution in [0.4, 0.5) is 0 Å². The molecular formula is C46H88O12S. The van der Waals surface area contributed by atoms with E-state index in [9.17, 15) is 37.9 Å². The van der Waals surface area contributed by atoms with Gasteiger partial charge in [0.05, 0.1) is 6.61 Å². The van der Waals surface area contributed by atoms with Crippen LogP contribution < -0.4 is 0 Å². The van der Waals surface area contributed by atoms with Gasteiger partial charge in [-0.25, -0.2) is 0 Å². The molecule has 0 bridgehead atoms. The molecule has 12 nitrogen and oxygen atoms in total. The molecule has 0 amide bonds. The third-order valence-electron chi connectivity index (χ3n) is 11.4. The number of carbonyl (C=O) groups is 2. The molecule has 0 aliphatic carbocycles. The summed E-state index contributed by atoms with van der Waals surface area (Å²) in [6.07, 6.45) is 28.9. The maximum Gasteiger partial charge on any atom is 0.306 e. The van der Waals surface area contributed by atoms with E-state index in [1.54, 1.807) is 0 Å². The minimum atomic E-state index is -4.59. The van der Waals surface area contributed by atoms with Crippen molar-refractivity contribution < 1.29 is 56.8 Å². The van der Waals surface area contributed by atoms with Gasteiger partial charge in [0.1, 0.15) is 36.8 Å². The predicted molar refractivity (Wildman–Crippen MR) is 234 cm³/mol. The number of carbonyl (C=O) groups excluding carboxylic acids is 2. The molecule has 0 spiro atoms. The van der Waals surface area contributed by atoms with Gasteiger partial charge in [0.2, 0.25) is 0 Å². The molecule has 4 N–H and O–H groups in total. The van der Waals surface area contributed by atoms with Gasteiger partial charge in [-0.3, -0.25) is 14.1 Å². The van der Waals surface area contributed by atoms with Crippen molar-refractivity contribution in [1.29, 1.82) is 0 Å². The van der Waals surface area contributed by atoms with Gasteiger partial charge in [-0.15, -0.1) is 0 Å². The zero-order valence-electron chi connectivity index (χ0n) is 37.4. The monoisotopic (exact) mass is 865 g/mol. The molecule has 1 saturated heterocycles. The van der Waals surface area contributed by atoms with Crippen LogP contribution in [0.3, 0.4) is 0 Å². The van der Waals surface area contributed by atoms with E-state index in [4.69, 9.17) is 18.9 Å². The van der Waals surface area contributed by atoms with Gasteiger partial charge in [-0.1, -0.05) is 200 Å². The molecule has 0 aromatic heterocycles. The lowest BCUT2D eigenvalue weighted by Gasteiger charge is -2.40. The zero-order chi connectivity index (χ0) is 43.4. The van der Waals surface area contributed by atoms with Gasteiger partial charge in [0, 0.05) is 12.8 Å². The summed E-state index contributed by atoms with van der Waals surface area (Å²) in [7, 11) is -4.59. The third-order valence-corrected chi connectivity index (χ3v) is 12.2. The number of esters is 2. The number of hydrogen-bond donors (Lipinski definition) is 4. The van der Waals surface area contributed by atoms with Crippen LogP contribution in [0.1, 0.15) is 226 Å². The summed E-state index contributed by atoms with van der Waals surface area (Å²) < 4.78 is 54.0. The van der Waals surface area contributed by atoms with Crippen LogP contribution in [0.25, 0.3) is 0 Å². The Balaban J connectivity index is 2.29. The number of ether oxygens (including phenoxy) is 4. The Hall–Kier alpha value is -1.35. The maximum atomic E-state index is 12.7. The van der Waals surface area contributed by atoms with Gasteiger partial charge >= 0.3 is 11.9 Å². The fraction of sp³-hybridized carbons (Fsp3) is 0.957. The van der Waals surface area contributed by atoms with E-state index in [0.29, 0.717) is 12.8 Å². The lowest BCUT2D eigenvalue weighted by molar-refractivity contribution is -0.297. The maximum absolute atomic E-state index is 12.7. The highest BCUT2D eigenvalue weighted by Crippen LogP contribution is 2.24. The Bertz CT molecular complexity index is 1110. The van der Waals surface area contributed by atoms with Crippen molar-refractivity contribution in [2.75, 3.05) is 19.0 Å². The molecule has 59 heavy (non-hydrogen) atoms. The van der Waals surface area contributed by atoms with Crippen molar-refractivity contribution in [3.63, 3.8) is 0 Å². The lowest BCUT2D eigenvalue weighted by atomic mass is 10.00. The summed E-state index contributed by atoms with van der Waals surface area (Å²) in [4.78, 5) is 25.3. The topological polar surface area (TPSA) is 186 Å². The van der Waals surface area contributed by atoms with Crippen molar-refractivity contribution in [1.82, 2.24) is 0 Å². The standard InChI is InChI=1S/C46H88O12S/c1-3-5-7-9-11-13-14-15-16-17-18-19-20-21-22-23-24-25-27-28-30-32-34-41(47)55-36-39(57-42(48)35-33-31-29-26-12-10-8-6-4-2)37-56-46-45(51)44(50)43(49)40(58-46)38-59(52,53)54/h39-40,43-46,49-51H,3-38H2,1-2H3,(H,52,53,54)/t39-,40-,43-,44?,45?,46+/m1/s1. The average Bonchev–Trinajstić information content (AvgIpc) is 3.20. The number of hydrogen-bond acceptors (Lipinski definition) is 11. The summed E-state index contributed by atoms with van der Waals surface area (Å²) in [5.41, 5.74) is 0. The van der Waals surface area contributed by atoms with Gasteiger partial charge in [-0.2, -0.15) is 8.42 Å². The van der Waals surface area contributed by atoms with Crippen LogP contribution in [0, 0.1) is 0 Å². The van der Waals surface area contributed by atoms with E-state index >= 15 is 0 Å². The van der Waals surface area contributed by atoms with Crippen LogP contribution in [-0.4, -0.2) is 96.0 Å². The van der Waals surface area contributed by atoms with Crippen LogP contribution in [0.2, 0.25) is 0 Å². The lowest BCUT2D eigenvalue weighted by Crippen LogP contribution is -2.60. The van der Waals surface area contributed by atoms with Crippen LogP contribution in [0.15, 0.2) is 0 Å². The van der Waals surface area contributed by atoms with E-state index in [-0.39, 0.29) is 19.4 Å². The van der Waals surface area contributed by atoms with Gasteiger partial charge in [0.15, 0.2) is 12.4 Å². The molecule has 1 rings (SSSR count). The Morgan fingerprint density at radius 3 is 1.24 bits per heavy atom. The van der Waals surface area contributed by atoms with Gasteiger partial charge in [-0.05, 0) is 12.8 Å². The van der Waals surface area contributed by atoms with E-state index in [2.05, 4.69) is 13.8 Å². The van der Waals surface area contributed by atoms with Crippen molar-refractivity contribution in [3.8, 4) is 0 Å². The Morgan fingerprint density at radius 2 is 0.864 bits per heavy atom. The predicted octanol–water partition coefficient (Wildman–Crippen LogP) is 10.1. The van der Waals surface area contributed by atoms with Crippen molar-refractivity contribution in [3.05, 3.63) is 0 Å². The van der Waals surface area contributed by atoms with Crippen molar-refractivity contribution in [2.24, 2.45) is 0 Å². The molecule has 1 heterocycles. The number of aliphatic hydroxyl groups excluding tert-OH is 3. The molecule has 13 heteroatoms. The van der Waals surface area contributed by atoms with E-state index < -0.39 is 71.2 Å². The first-order valence-corrected chi connectivity index (χ1v) is 25.7. The first-order chi connectivity index (χ1) is 28.5. The Kier molecular flexibility index (Phi) is 35.1. The number of unbranched alkanes of at least 4 members (excludes halogenated alkanes) is 29. The Morgan fingerprint density at radius 1 is 0.508 bits per heavy atom. The molecule has 0 aromatic carbocycles. The van der Waals surface area contributed by atoms with Crippen LogP contribution >= 0.6 is 0 Å². The quantitative estimate of drug-likeness (QED) is 0.0259. The molecule has 6 atom stereocenters. The summed E-state index contributed by atoms with van der Waals surface area (Å²) in [5, 5.41) is 30.8. The van der Waals surface area contributed by atoms with Gasteiger partial charge in [0.25, 0.3) is 10.1 Å². The normalized spacial score (nSPS) is 20.1. The SMILES string of the molecule is CCCCCCCCCCCCCCCCCCCCCCCCC(=O)OC[C@H](CO[C@H]1O[C@H](CS(=O)(=O)O)[C@@H](O)C(O)C1O)OC(=O)CCCCCCCCCCC. The van der Waals surface area contributed by atoms with Gasteiger partial charge < -0.3 is 34.3 Å². The minimum Gasteiger partial charge on any atom is -0.462 e. The summed E-state index contributed by atoms with van der Waals surface area (Å²) in [5.74, 6) is -1.97. The molecule has 350 valence electrons. The molecule has 0 radical (unpaired) electrons. The highest BCUT2D eigenvalue weighted by atomic mass is 32.2. The molecule has 1 aliphatic heterocycles. The number of rotatable bonds is 41. The van der Waals surface area contributed by atoms with E-state index in [1.165, 1.54) is 148 Å². The number of aliphatic hydroxyl groups is 3. The van der Waals surface area contributed by atoms with Crippen molar-refractivity contribution in [2.45, 2.75) is 263 Å². The summed E-state index contributed by atoms with van der Waals surface area (Å²) in [6, 6.07) is 0. The summed E-state index contributed by atoms with van der Waals surface area (Å²) >= 11 is 0. The fourth-order valence-electron chi connectivity index (χ4n) is 7.68. The first kappa shape index (κ1) is 55.7. The molecule has 0 aromatic rings. The molecule has 0 saturated carbocycles. The summed E-state index contributed by atoms with van der Waals surface area (Å²) in [6.45, 7) is 3.76. The second kappa shape index (κ2) is 37.2. The molecule has 1 fully saturated rings. The third kappa shape index (κ3) is 32.1. The first-order valence-electron chi connectivity index (χ1n) is 24.1. The van der Waals surface area contributed by atoms with E-state index in [0.717, 1.165) is 38.5 Å². The molecule has 1 aliphatic rings. The average molecular weight is 865 g/mol. The molecule has 2 unspecified atom stereocenters. The fourth-order valence-corrected chi connectivity index (χ4v) is 8.37. The smallest absolute Gasteiger partial charge is 0.306 e. The zero-order valence-corrected chi connectivity index (χ0v) is 38.2. The highest BCUT2D eigenvalue weighted by molar-refractivity contribution is 7.85. The minimum absolute atomic E-state index is 0.170. The second-order valence-electron chi connectivity index (χ2n) is 17.1. The van der Waals surface area contributed by atoms with Crippen molar-refractivity contribution >= 4 is 22.1 Å². The highest BCUT2D eigenvalue weighted by Gasteiger charge is 2.46. The molecular weight excluding hydrogens is 777 g/mol. The van der Waals surface area contributed by atoms with Crippen LogP contribution in [0.5, 0.6) is 0 Å². The Labute approximate surface area is 359 Å². The van der Waals surface area contributed by atoms with Crippen LogP contribution in [-0.2, 0) is 38.7 Å². The largest absolute Gasteiger partial charge is 0.462 e. The second-order valence-corrected chi connectivity index (χ2v) is 18.6. The van der Waals surface area contributed by atoms with E-state index in [1.807, 2.05) is 0 Å².